The second-order valence-corrected chi connectivity index (χ2v) is 6.19. The van der Waals surface area contributed by atoms with Crippen LogP contribution in [-0.4, -0.2) is 36.5 Å². The van der Waals surface area contributed by atoms with Gasteiger partial charge < -0.3 is 14.3 Å². The summed E-state index contributed by atoms with van der Waals surface area (Å²) in [4.78, 5) is 26.1. The number of carbonyl (C=O) groups is 1. The maximum Gasteiger partial charge on any atom is 0.430 e. The number of hydrogen-bond donors (Lipinski definition) is 0. The van der Waals surface area contributed by atoms with E-state index in [1.807, 2.05) is 0 Å². The number of esters is 1. The lowest BCUT2D eigenvalue weighted by Crippen LogP contribution is -2.41. The molecule has 12 heteroatoms. The second kappa shape index (κ2) is 8.66. The van der Waals surface area contributed by atoms with Gasteiger partial charge in [-0.05, 0) is 31.1 Å². The van der Waals surface area contributed by atoms with Crippen LogP contribution < -0.4 is 4.74 Å². The Morgan fingerprint density at radius 2 is 1.93 bits per heavy atom. The van der Waals surface area contributed by atoms with Crippen molar-refractivity contribution in [1.29, 1.82) is 0 Å². The third-order valence-corrected chi connectivity index (χ3v) is 3.87. The quantitative estimate of drug-likeness (QED) is 0.279. The molecule has 27 heavy (non-hydrogen) atoms. The van der Waals surface area contributed by atoms with Crippen LogP contribution in [0.2, 0.25) is 10.0 Å². The van der Waals surface area contributed by atoms with Gasteiger partial charge in [-0.25, -0.2) is 4.79 Å². The summed E-state index contributed by atoms with van der Waals surface area (Å²) < 4.78 is 49.6. The Morgan fingerprint density at radius 3 is 2.56 bits per heavy atom. The maximum atomic E-state index is 13.3. The predicted molar refractivity (Wildman–Crippen MR) is 88.0 cm³/mol. The molecule has 1 aliphatic rings. The minimum absolute atomic E-state index is 0.110. The Kier molecular flexibility index (Phi) is 6.77. The van der Waals surface area contributed by atoms with Gasteiger partial charge in [-0.2, -0.15) is 13.2 Å². The first-order chi connectivity index (χ1) is 12.6. The molecule has 0 saturated heterocycles. The zero-order chi connectivity index (χ0) is 20.2. The lowest BCUT2D eigenvalue weighted by atomic mass is 10.0. The van der Waals surface area contributed by atoms with E-state index in [0.717, 1.165) is 6.08 Å². The fourth-order valence-electron chi connectivity index (χ4n) is 2.24. The molecule has 0 bridgehead atoms. The van der Waals surface area contributed by atoms with E-state index in [9.17, 15) is 28.1 Å². The van der Waals surface area contributed by atoms with Crippen molar-refractivity contribution in [2.45, 2.75) is 25.1 Å². The number of carbonyl (C=O) groups excluding carboxylic acids is 1. The van der Waals surface area contributed by atoms with Gasteiger partial charge in [-0.15, -0.1) is 10.1 Å². The molecular formula is C15H12Cl2F3NO6. The molecule has 0 saturated carbocycles. The van der Waals surface area contributed by atoms with Gasteiger partial charge in [0.25, 0.3) is 5.09 Å². The number of rotatable bonds is 7. The minimum Gasteiger partial charge on any atom is -0.474 e. The largest absolute Gasteiger partial charge is 0.474 e. The molecule has 0 N–H and O–H groups in total. The highest BCUT2D eigenvalue weighted by Crippen LogP contribution is 2.42. The van der Waals surface area contributed by atoms with Crippen molar-refractivity contribution in [3.05, 3.63) is 43.4 Å². The number of unbranched alkanes of at least 4 members (excludes halogenated alkanes) is 1. The second-order valence-electron chi connectivity index (χ2n) is 5.35. The fraction of sp³-hybridized carbons (Fsp3) is 0.400. The topological polar surface area (TPSA) is 87.9 Å². The summed E-state index contributed by atoms with van der Waals surface area (Å²) in [6.07, 6.45) is -6.12. The molecule has 0 aliphatic carbocycles. The highest BCUT2D eigenvalue weighted by atomic mass is 35.5. The Hall–Kier alpha value is -2.20. The van der Waals surface area contributed by atoms with Gasteiger partial charge in [0, 0.05) is 10.6 Å². The van der Waals surface area contributed by atoms with Crippen LogP contribution in [0, 0.1) is 10.1 Å². The van der Waals surface area contributed by atoms with Crippen molar-refractivity contribution < 1.29 is 37.4 Å². The molecule has 1 aromatic carbocycles. The van der Waals surface area contributed by atoms with E-state index in [0.29, 0.717) is 0 Å². The molecule has 1 aliphatic heterocycles. The Morgan fingerprint density at radius 1 is 1.26 bits per heavy atom. The smallest absolute Gasteiger partial charge is 0.430 e. The first-order valence-corrected chi connectivity index (χ1v) is 8.23. The molecule has 0 fully saturated rings. The maximum absolute atomic E-state index is 13.3. The molecule has 0 radical (unpaired) electrons. The van der Waals surface area contributed by atoms with E-state index >= 15 is 0 Å². The first-order valence-electron chi connectivity index (χ1n) is 7.48. The van der Waals surface area contributed by atoms with Crippen LogP contribution in [0.3, 0.4) is 0 Å². The molecule has 1 aromatic rings. The molecule has 1 atom stereocenters. The first kappa shape index (κ1) is 21.1. The normalized spacial score (nSPS) is 16.0. The highest BCUT2D eigenvalue weighted by Gasteiger charge is 2.49. The Balaban J connectivity index is 2.11. The summed E-state index contributed by atoms with van der Waals surface area (Å²) in [6, 6.07) is 2.52. The lowest BCUT2D eigenvalue weighted by Gasteiger charge is -2.28. The molecule has 2 rings (SSSR count). The third kappa shape index (κ3) is 5.64. The Labute approximate surface area is 160 Å². The number of ether oxygens (including phenoxy) is 2. The number of fused-ring (bicyclic) bond motifs is 1. The number of halogens is 5. The van der Waals surface area contributed by atoms with E-state index in [1.54, 1.807) is 0 Å². The van der Waals surface area contributed by atoms with E-state index in [-0.39, 0.29) is 47.4 Å². The molecular weight excluding hydrogens is 418 g/mol. The summed E-state index contributed by atoms with van der Waals surface area (Å²) in [7, 11) is 0. The summed E-state index contributed by atoms with van der Waals surface area (Å²) in [6.45, 7) is -0.461. The van der Waals surface area contributed by atoms with E-state index in [4.69, 9.17) is 32.7 Å². The molecule has 1 heterocycles. The Bertz CT molecular complexity index is 769. The summed E-state index contributed by atoms with van der Waals surface area (Å²) in [5, 5.41) is 9.03. The van der Waals surface area contributed by atoms with E-state index in [2.05, 4.69) is 4.84 Å². The SMILES string of the molecule is O=C(OCCCCO[N+](=O)[O-])C1=Cc2cc(Cl)cc(Cl)c2OC1C(F)(F)F. The summed E-state index contributed by atoms with van der Waals surface area (Å²) in [5.41, 5.74) is -0.644. The van der Waals surface area contributed by atoms with Gasteiger partial charge in [0.15, 0.2) is 0 Å². The van der Waals surface area contributed by atoms with Gasteiger partial charge in [0.1, 0.15) is 5.75 Å². The van der Waals surface area contributed by atoms with Crippen molar-refractivity contribution in [3.63, 3.8) is 0 Å². The molecule has 148 valence electrons. The molecule has 0 amide bonds. The van der Waals surface area contributed by atoms with Crippen molar-refractivity contribution in [3.8, 4) is 5.75 Å². The van der Waals surface area contributed by atoms with Gasteiger partial charge in [-0.1, -0.05) is 23.2 Å². The standard InChI is InChI=1S/C15H12Cl2F3NO6/c16-9-5-8-6-10(14(22)25-3-1-2-4-26-21(23)24)13(15(18,19)20)27-12(8)11(17)7-9/h5-7,13H,1-4H2. The summed E-state index contributed by atoms with van der Waals surface area (Å²) >= 11 is 11.7. The van der Waals surface area contributed by atoms with E-state index in [1.165, 1.54) is 12.1 Å². The highest BCUT2D eigenvalue weighted by molar-refractivity contribution is 6.36. The number of nitrogens with zero attached hydrogens (tertiary/aromatic N) is 1. The van der Waals surface area contributed by atoms with Gasteiger partial charge >= 0.3 is 12.1 Å². The van der Waals surface area contributed by atoms with Crippen molar-refractivity contribution in [1.82, 2.24) is 0 Å². The minimum atomic E-state index is -4.88. The van der Waals surface area contributed by atoms with Crippen LogP contribution in [-0.2, 0) is 14.4 Å². The van der Waals surface area contributed by atoms with Gasteiger partial charge in [0.2, 0.25) is 6.10 Å². The third-order valence-electron chi connectivity index (χ3n) is 3.37. The number of hydrogen-bond acceptors (Lipinski definition) is 6. The summed E-state index contributed by atoms with van der Waals surface area (Å²) in [5.74, 6) is -1.47. The zero-order valence-corrected chi connectivity index (χ0v) is 14.9. The predicted octanol–water partition coefficient (Wildman–Crippen LogP) is 4.23. The van der Waals surface area contributed by atoms with Gasteiger partial charge in [-0.3, -0.25) is 0 Å². The van der Waals surface area contributed by atoms with E-state index < -0.39 is 28.9 Å². The van der Waals surface area contributed by atoms with Crippen molar-refractivity contribution in [2.75, 3.05) is 13.2 Å². The average molecular weight is 430 g/mol. The fourth-order valence-corrected chi connectivity index (χ4v) is 2.79. The molecule has 7 nitrogen and oxygen atoms in total. The van der Waals surface area contributed by atoms with Gasteiger partial charge in [0.05, 0.1) is 23.8 Å². The van der Waals surface area contributed by atoms with Crippen LogP contribution in [0.4, 0.5) is 13.2 Å². The van der Waals surface area contributed by atoms with Crippen LogP contribution >= 0.6 is 23.2 Å². The molecule has 0 aromatic heterocycles. The van der Waals surface area contributed by atoms with Crippen molar-refractivity contribution >= 4 is 35.2 Å². The van der Waals surface area contributed by atoms with Crippen LogP contribution in [0.5, 0.6) is 5.75 Å². The molecule has 0 spiro atoms. The number of alkyl halides is 3. The van der Waals surface area contributed by atoms with Crippen LogP contribution in [0.25, 0.3) is 6.08 Å². The van der Waals surface area contributed by atoms with Crippen LogP contribution in [0.1, 0.15) is 18.4 Å². The van der Waals surface area contributed by atoms with Crippen molar-refractivity contribution in [2.24, 2.45) is 0 Å². The zero-order valence-electron chi connectivity index (χ0n) is 13.4. The lowest BCUT2D eigenvalue weighted by molar-refractivity contribution is -0.757. The monoisotopic (exact) mass is 429 g/mol. The molecule has 1 unspecified atom stereocenters. The average Bonchev–Trinajstić information content (AvgIpc) is 2.55. The van der Waals surface area contributed by atoms with Crippen LogP contribution in [0.15, 0.2) is 17.7 Å². The number of benzene rings is 1.